The quantitative estimate of drug-likeness (QED) is 0.292. The van der Waals surface area contributed by atoms with Crippen LogP contribution < -0.4 is 27.4 Å². The van der Waals surface area contributed by atoms with Gasteiger partial charge in [0.25, 0.3) is 11.1 Å². The Bertz CT molecular complexity index is 1890. The number of ether oxygens (including phenoxy) is 1. The monoisotopic (exact) mass is 591 g/mol. The Morgan fingerprint density at radius 1 is 1.00 bits per heavy atom. The highest BCUT2D eigenvalue weighted by atomic mass is 19.1. The van der Waals surface area contributed by atoms with E-state index in [0.29, 0.717) is 29.8 Å². The zero-order chi connectivity index (χ0) is 31.8. The van der Waals surface area contributed by atoms with Gasteiger partial charge in [-0.15, -0.1) is 0 Å². The van der Waals surface area contributed by atoms with E-state index in [9.17, 15) is 23.6 Å². The van der Waals surface area contributed by atoms with Gasteiger partial charge in [0, 0.05) is 24.3 Å². The molecule has 0 unspecified atom stereocenters. The van der Waals surface area contributed by atoms with Crippen molar-refractivity contribution >= 4 is 34.2 Å². The van der Waals surface area contributed by atoms with E-state index in [1.54, 1.807) is 65.0 Å². The van der Waals surface area contributed by atoms with E-state index in [-0.39, 0.29) is 34.0 Å². The molecule has 0 saturated heterocycles. The van der Waals surface area contributed by atoms with Gasteiger partial charge in [0.1, 0.15) is 22.6 Å². The highest BCUT2D eigenvalue weighted by molar-refractivity contribution is 5.94. The van der Waals surface area contributed by atoms with E-state index in [1.165, 1.54) is 32.9 Å². The van der Waals surface area contributed by atoms with Gasteiger partial charge in [-0.1, -0.05) is 26.0 Å². The number of nitrogens with one attached hydrogen (secondary N) is 2. The number of carbonyl (C=O) groups is 1. The fourth-order valence-corrected chi connectivity index (χ4v) is 4.85. The first-order valence-corrected chi connectivity index (χ1v) is 14.3. The Morgan fingerprint density at radius 2 is 1.67 bits per heavy atom. The van der Waals surface area contributed by atoms with Crippen molar-refractivity contribution in [3.63, 3.8) is 0 Å². The van der Waals surface area contributed by atoms with Gasteiger partial charge < -0.3 is 10.1 Å². The maximum atomic E-state index is 14.9. The minimum atomic E-state index is -0.716. The van der Waals surface area contributed by atoms with Crippen molar-refractivity contribution in [3.05, 3.63) is 90.6 Å². The topological polar surface area (TPSA) is 116 Å². The summed E-state index contributed by atoms with van der Waals surface area (Å²) < 4.78 is 24.0. The van der Waals surface area contributed by atoms with Crippen molar-refractivity contribution in [3.8, 4) is 5.69 Å². The molecule has 1 amide bonds. The second-order valence-electron chi connectivity index (χ2n) is 11.4. The third kappa shape index (κ3) is 6.25. The number of benzene rings is 2. The number of pyridine rings is 1. The first kappa shape index (κ1) is 31.3. The van der Waals surface area contributed by atoms with Crippen LogP contribution >= 0.6 is 0 Å². The number of nitrogens with zero attached hydrogens (tertiary/aromatic N) is 3. The van der Waals surface area contributed by atoms with Crippen molar-refractivity contribution in [2.45, 2.75) is 73.0 Å². The summed E-state index contributed by atoms with van der Waals surface area (Å²) in [6.45, 7) is 12.5. The summed E-state index contributed by atoms with van der Waals surface area (Å²) in [6.07, 6.45) is 0.633. The molecule has 0 aliphatic heterocycles. The van der Waals surface area contributed by atoms with Crippen molar-refractivity contribution in [2.24, 2.45) is 7.05 Å². The Hall–Kier alpha value is -4.67. The highest BCUT2D eigenvalue weighted by Gasteiger charge is 2.31. The molecule has 5 rings (SSSR count). The number of anilines is 3. The molecule has 2 N–H and O–H groups in total. The summed E-state index contributed by atoms with van der Waals surface area (Å²) in [5.74, 6) is -0.488. The average Bonchev–Trinajstić information content (AvgIpc) is 3.76. The molecule has 1 aliphatic carbocycles. The predicted octanol–water partition coefficient (Wildman–Crippen LogP) is 6.06. The van der Waals surface area contributed by atoms with Crippen LogP contribution in [0, 0.1) is 19.7 Å². The minimum absolute atomic E-state index is 0.0644. The number of carbonyl (C=O) groups excluding carboxylic acids is 1. The summed E-state index contributed by atoms with van der Waals surface area (Å²) in [4.78, 5) is 53.8. The number of aromatic nitrogens is 3. The molecule has 2 heterocycles. The molecule has 1 fully saturated rings. The number of hydrogen-bond acceptors (Lipinski definition) is 6. The highest BCUT2D eigenvalue weighted by Crippen LogP contribution is 2.34. The van der Waals surface area contributed by atoms with Gasteiger partial charge >= 0.3 is 11.8 Å². The number of halogens is 1. The number of fused-ring (bicyclic) bond motifs is 1. The first-order valence-electron chi connectivity index (χ1n) is 14.3. The van der Waals surface area contributed by atoms with Crippen LogP contribution in [0.5, 0.6) is 0 Å². The predicted molar refractivity (Wildman–Crippen MR) is 168 cm³/mol. The second kappa shape index (κ2) is 11.9. The standard InChI is InChI=1S/C30H32FN5O5.C2H6/c1-16-10-13-22(21(31)14-16)33-25-23-24(17(2)26(37)34(25)6)35(29(40)36(27(23)38)19-11-12-19)20-9-7-8-18(15-20)32-28(39)41-30(3,4)5;1-2/h7-10,13-15,19,33H,11-12H2,1-6H3,(H,32,39);1-2H3. The molecule has 1 aliphatic rings. The zero-order valence-electron chi connectivity index (χ0n) is 25.8. The summed E-state index contributed by atoms with van der Waals surface area (Å²) in [7, 11) is 1.49. The minimum Gasteiger partial charge on any atom is -0.444 e. The molecule has 228 valence electrons. The van der Waals surface area contributed by atoms with Crippen LogP contribution in [-0.2, 0) is 11.8 Å². The van der Waals surface area contributed by atoms with E-state index >= 15 is 0 Å². The van der Waals surface area contributed by atoms with Crippen LogP contribution in [0.3, 0.4) is 0 Å². The molecule has 43 heavy (non-hydrogen) atoms. The molecule has 11 heteroatoms. The average molecular weight is 592 g/mol. The molecule has 10 nitrogen and oxygen atoms in total. The lowest BCUT2D eigenvalue weighted by Crippen LogP contribution is -2.41. The van der Waals surface area contributed by atoms with Crippen molar-refractivity contribution < 1.29 is 13.9 Å². The number of amides is 1. The van der Waals surface area contributed by atoms with Gasteiger partial charge in [-0.25, -0.2) is 14.0 Å². The van der Waals surface area contributed by atoms with Gasteiger partial charge in [-0.3, -0.25) is 28.6 Å². The molecule has 2 aromatic heterocycles. The van der Waals surface area contributed by atoms with E-state index in [1.807, 2.05) is 13.8 Å². The van der Waals surface area contributed by atoms with Crippen molar-refractivity contribution in [2.75, 3.05) is 10.6 Å². The Balaban J connectivity index is 0.00000207. The Kier molecular flexibility index (Phi) is 8.66. The fourth-order valence-electron chi connectivity index (χ4n) is 4.85. The summed E-state index contributed by atoms with van der Waals surface area (Å²) in [5, 5.41) is 5.68. The molecular weight excluding hydrogens is 553 g/mol. The smallest absolute Gasteiger partial charge is 0.412 e. The summed E-state index contributed by atoms with van der Waals surface area (Å²) >= 11 is 0. The maximum absolute atomic E-state index is 14.9. The SMILES string of the molecule is CC.Cc1ccc(Nc2c3c(=O)n(C4CC4)c(=O)n(-c4cccc(NC(=O)OC(C)(C)C)c4)c3c(C)c(=O)n2C)c(F)c1. The second-order valence-corrected chi connectivity index (χ2v) is 11.4. The Morgan fingerprint density at radius 3 is 2.28 bits per heavy atom. The maximum Gasteiger partial charge on any atom is 0.412 e. The van der Waals surface area contributed by atoms with Gasteiger partial charge in [0.15, 0.2) is 0 Å². The van der Waals surface area contributed by atoms with Crippen LogP contribution in [0.2, 0.25) is 0 Å². The van der Waals surface area contributed by atoms with Gasteiger partial charge in [-0.2, -0.15) is 0 Å². The lowest BCUT2D eigenvalue weighted by molar-refractivity contribution is 0.0636. The number of rotatable bonds is 5. The third-order valence-corrected chi connectivity index (χ3v) is 6.88. The molecule has 4 aromatic rings. The third-order valence-electron chi connectivity index (χ3n) is 6.88. The van der Waals surface area contributed by atoms with Crippen LogP contribution in [-0.4, -0.2) is 25.4 Å². The van der Waals surface area contributed by atoms with Gasteiger partial charge in [0.2, 0.25) is 0 Å². The van der Waals surface area contributed by atoms with Crippen LogP contribution in [0.1, 0.15) is 64.6 Å². The van der Waals surface area contributed by atoms with Crippen molar-refractivity contribution in [1.29, 1.82) is 0 Å². The number of aryl methyl sites for hydroxylation is 2. The summed E-state index contributed by atoms with van der Waals surface area (Å²) in [5.41, 5.74) is -0.628. The normalized spacial score (nSPS) is 12.9. The van der Waals surface area contributed by atoms with E-state index in [0.717, 1.165) is 0 Å². The van der Waals surface area contributed by atoms with E-state index in [2.05, 4.69) is 10.6 Å². The molecule has 0 atom stereocenters. The molecule has 1 saturated carbocycles. The Labute approximate surface area is 248 Å². The number of hydrogen-bond donors (Lipinski definition) is 2. The summed E-state index contributed by atoms with van der Waals surface area (Å²) in [6, 6.07) is 10.8. The largest absolute Gasteiger partial charge is 0.444 e. The molecule has 2 aromatic carbocycles. The lowest BCUT2D eigenvalue weighted by atomic mass is 10.1. The van der Waals surface area contributed by atoms with Gasteiger partial charge in [0.05, 0.1) is 16.9 Å². The van der Waals surface area contributed by atoms with Crippen LogP contribution in [0.4, 0.5) is 26.4 Å². The van der Waals surface area contributed by atoms with Crippen LogP contribution in [0.25, 0.3) is 16.6 Å². The molecule has 0 bridgehead atoms. The van der Waals surface area contributed by atoms with E-state index < -0.39 is 34.3 Å². The molecule has 0 spiro atoms. The van der Waals surface area contributed by atoms with Crippen molar-refractivity contribution in [1.82, 2.24) is 13.7 Å². The van der Waals surface area contributed by atoms with E-state index in [4.69, 9.17) is 4.74 Å². The lowest BCUT2D eigenvalue weighted by Gasteiger charge is -2.21. The zero-order valence-corrected chi connectivity index (χ0v) is 25.8. The molecule has 0 radical (unpaired) electrons. The van der Waals surface area contributed by atoms with Crippen LogP contribution in [0.15, 0.2) is 56.8 Å². The van der Waals surface area contributed by atoms with Gasteiger partial charge in [-0.05, 0) is 83.4 Å². The first-order chi connectivity index (χ1) is 20.3. The molecular formula is C32H38FN5O5. The fraction of sp³-hybridized carbons (Fsp3) is 0.375.